The molecule has 3 heteroatoms. The molecule has 2 N–H and O–H groups in total. The predicted molar refractivity (Wildman–Crippen MR) is 96.7 cm³/mol. The van der Waals surface area contributed by atoms with E-state index < -0.39 is 0 Å². The van der Waals surface area contributed by atoms with Crippen LogP contribution >= 0.6 is 0 Å². The molecule has 2 heterocycles. The van der Waals surface area contributed by atoms with Crippen LogP contribution in [0.25, 0.3) is 11.1 Å². The Labute approximate surface area is 143 Å². The van der Waals surface area contributed by atoms with E-state index in [9.17, 15) is 4.79 Å². The quantitative estimate of drug-likeness (QED) is 0.911. The molecule has 1 amide bonds. The minimum atomic E-state index is -0.0436. The van der Waals surface area contributed by atoms with Crippen molar-refractivity contribution in [2.24, 2.45) is 0 Å². The normalized spacial score (nSPS) is 26.5. The van der Waals surface area contributed by atoms with Gasteiger partial charge in [0.05, 0.1) is 5.54 Å². The molecule has 2 aliphatic rings. The largest absolute Gasteiger partial charge is 0.349 e. The fraction of sp³-hybridized carbons (Fsp3) is 0.381. The molecular formula is C21H24N2O. The van der Waals surface area contributed by atoms with E-state index in [1.54, 1.807) is 0 Å². The van der Waals surface area contributed by atoms with Crippen LogP contribution in [0.3, 0.4) is 0 Å². The van der Waals surface area contributed by atoms with Crippen molar-refractivity contribution in [1.82, 2.24) is 10.6 Å². The van der Waals surface area contributed by atoms with Crippen molar-refractivity contribution in [3.63, 3.8) is 0 Å². The second-order valence-electron chi connectivity index (χ2n) is 7.09. The van der Waals surface area contributed by atoms with Crippen LogP contribution in [0.5, 0.6) is 0 Å². The molecular weight excluding hydrogens is 296 g/mol. The molecule has 0 bridgehead atoms. The van der Waals surface area contributed by atoms with Gasteiger partial charge in [-0.2, -0.15) is 0 Å². The van der Waals surface area contributed by atoms with Crippen LogP contribution in [0.4, 0.5) is 0 Å². The van der Waals surface area contributed by atoms with Crippen LogP contribution in [-0.4, -0.2) is 24.0 Å². The van der Waals surface area contributed by atoms with Crippen LogP contribution in [0.2, 0.25) is 0 Å². The van der Waals surface area contributed by atoms with E-state index in [0.717, 1.165) is 32.2 Å². The first-order chi connectivity index (χ1) is 11.8. The third-order valence-electron chi connectivity index (χ3n) is 5.52. The standard InChI is InChI=1S/C21H24N2O/c24-20-10-12-21(23-20)11-5-13-22-19(21)15-16-6-4-9-18(14-16)17-7-2-1-3-8-17/h1-4,6-9,14,19,22H,5,10-13,15H2,(H,23,24). The highest BCUT2D eigenvalue weighted by molar-refractivity contribution is 5.79. The lowest BCUT2D eigenvalue weighted by Crippen LogP contribution is -2.61. The van der Waals surface area contributed by atoms with E-state index >= 15 is 0 Å². The van der Waals surface area contributed by atoms with Gasteiger partial charge in [0.25, 0.3) is 0 Å². The summed E-state index contributed by atoms with van der Waals surface area (Å²) in [6.07, 6.45) is 4.82. The first kappa shape index (κ1) is 15.4. The SMILES string of the molecule is O=C1CCC2(CCCNC2Cc2cccc(-c3ccccc3)c2)N1. The molecule has 0 aromatic heterocycles. The van der Waals surface area contributed by atoms with Gasteiger partial charge in [0.15, 0.2) is 0 Å². The highest BCUT2D eigenvalue weighted by Crippen LogP contribution is 2.33. The van der Waals surface area contributed by atoms with Crippen molar-refractivity contribution in [1.29, 1.82) is 0 Å². The summed E-state index contributed by atoms with van der Waals surface area (Å²) in [7, 11) is 0. The zero-order chi connectivity index (χ0) is 16.4. The van der Waals surface area contributed by atoms with Gasteiger partial charge in [-0.05, 0) is 48.9 Å². The van der Waals surface area contributed by atoms with Crippen molar-refractivity contribution in [3.05, 3.63) is 60.2 Å². The molecule has 0 saturated carbocycles. The van der Waals surface area contributed by atoms with Gasteiger partial charge in [-0.1, -0.05) is 54.6 Å². The van der Waals surface area contributed by atoms with Crippen LogP contribution in [0, 0.1) is 0 Å². The van der Waals surface area contributed by atoms with E-state index in [2.05, 4.69) is 59.2 Å². The zero-order valence-electron chi connectivity index (χ0n) is 13.9. The summed E-state index contributed by atoms with van der Waals surface area (Å²) in [6.45, 7) is 1.04. The van der Waals surface area contributed by atoms with Crippen molar-refractivity contribution in [2.45, 2.75) is 43.7 Å². The fourth-order valence-electron chi connectivity index (χ4n) is 4.25. The number of benzene rings is 2. The van der Waals surface area contributed by atoms with E-state index in [1.165, 1.54) is 16.7 Å². The summed E-state index contributed by atoms with van der Waals surface area (Å²) in [5, 5.41) is 6.95. The molecule has 2 unspecified atom stereocenters. The van der Waals surface area contributed by atoms with Crippen LogP contribution in [-0.2, 0) is 11.2 Å². The van der Waals surface area contributed by atoms with E-state index in [1.807, 2.05) is 6.07 Å². The molecule has 124 valence electrons. The van der Waals surface area contributed by atoms with Gasteiger partial charge < -0.3 is 10.6 Å². The van der Waals surface area contributed by atoms with Gasteiger partial charge in [-0.25, -0.2) is 0 Å². The average Bonchev–Trinajstić information content (AvgIpc) is 3.00. The Balaban J connectivity index is 1.57. The smallest absolute Gasteiger partial charge is 0.220 e. The number of amides is 1. The van der Waals surface area contributed by atoms with E-state index in [4.69, 9.17) is 0 Å². The Hall–Kier alpha value is -2.13. The zero-order valence-corrected chi connectivity index (χ0v) is 13.9. The van der Waals surface area contributed by atoms with Crippen molar-refractivity contribution in [3.8, 4) is 11.1 Å². The minimum Gasteiger partial charge on any atom is -0.349 e. The summed E-state index contributed by atoms with van der Waals surface area (Å²) in [5.74, 6) is 0.210. The monoisotopic (exact) mass is 320 g/mol. The number of rotatable bonds is 3. The van der Waals surface area contributed by atoms with Gasteiger partial charge in [0, 0.05) is 12.5 Å². The second-order valence-corrected chi connectivity index (χ2v) is 7.09. The summed E-state index contributed by atoms with van der Waals surface area (Å²) >= 11 is 0. The Kier molecular flexibility index (Phi) is 4.11. The van der Waals surface area contributed by atoms with Crippen molar-refractivity contribution >= 4 is 5.91 Å². The number of piperidine rings is 1. The molecule has 3 nitrogen and oxygen atoms in total. The molecule has 24 heavy (non-hydrogen) atoms. The molecule has 2 aromatic carbocycles. The number of nitrogens with one attached hydrogen (secondary N) is 2. The summed E-state index contributed by atoms with van der Waals surface area (Å²) in [4.78, 5) is 11.8. The van der Waals surface area contributed by atoms with E-state index in [0.29, 0.717) is 12.5 Å². The van der Waals surface area contributed by atoms with E-state index in [-0.39, 0.29) is 11.4 Å². The Morgan fingerprint density at radius 3 is 2.62 bits per heavy atom. The summed E-state index contributed by atoms with van der Waals surface area (Å²) < 4.78 is 0. The Morgan fingerprint density at radius 1 is 1.00 bits per heavy atom. The number of carbonyl (C=O) groups is 1. The third-order valence-corrected chi connectivity index (χ3v) is 5.52. The third kappa shape index (κ3) is 2.96. The maximum absolute atomic E-state index is 11.8. The highest BCUT2D eigenvalue weighted by atomic mass is 16.2. The van der Waals surface area contributed by atoms with Gasteiger partial charge in [-0.15, -0.1) is 0 Å². The van der Waals surface area contributed by atoms with Crippen LogP contribution in [0.1, 0.15) is 31.2 Å². The molecule has 2 atom stereocenters. The first-order valence-electron chi connectivity index (χ1n) is 8.94. The summed E-state index contributed by atoms with van der Waals surface area (Å²) in [6, 6.07) is 19.6. The lowest BCUT2D eigenvalue weighted by atomic mass is 9.78. The molecule has 0 aliphatic carbocycles. The highest BCUT2D eigenvalue weighted by Gasteiger charge is 2.45. The molecule has 4 rings (SSSR count). The maximum atomic E-state index is 11.8. The molecule has 2 saturated heterocycles. The first-order valence-corrected chi connectivity index (χ1v) is 8.94. The number of hydrogen-bond donors (Lipinski definition) is 2. The molecule has 0 radical (unpaired) electrons. The van der Waals surface area contributed by atoms with Gasteiger partial charge >= 0.3 is 0 Å². The maximum Gasteiger partial charge on any atom is 0.220 e. The van der Waals surface area contributed by atoms with Crippen LogP contribution < -0.4 is 10.6 Å². The molecule has 2 aliphatic heterocycles. The topological polar surface area (TPSA) is 41.1 Å². The lowest BCUT2D eigenvalue weighted by molar-refractivity contribution is -0.120. The number of carbonyl (C=O) groups excluding carboxylic acids is 1. The summed E-state index contributed by atoms with van der Waals surface area (Å²) in [5.41, 5.74) is 3.79. The fourth-order valence-corrected chi connectivity index (χ4v) is 4.25. The predicted octanol–water partition coefficient (Wildman–Crippen LogP) is 3.30. The van der Waals surface area contributed by atoms with Gasteiger partial charge in [0.2, 0.25) is 5.91 Å². The van der Waals surface area contributed by atoms with Gasteiger partial charge in [-0.3, -0.25) is 4.79 Å². The lowest BCUT2D eigenvalue weighted by Gasteiger charge is -2.42. The van der Waals surface area contributed by atoms with Crippen LogP contribution in [0.15, 0.2) is 54.6 Å². The molecule has 1 spiro atoms. The van der Waals surface area contributed by atoms with Crippen molar-refractivity contribution < 1.29 is 4.79 Å². The average molecular weight is 320 g/mol. The number of hydrogen-bond acceptors (Lipinski definition) is 2. The molecule has 2 fully saturated rings. The Bertz CT molecular complexity index is 728. The Morgan fingerprint density at radius 2 is 1.83 bits per heavy atom. The minimum absolute atomic E-state index is 0.0436. The molecule has 2 aromatic rings. The second kappa shape index (κ2) is 6.40. The van der Waals surface area contributed by atoms with Crippen molar-refractivity contribution in [2.75, 3.05) is 6.54 Å². The van der Waals surface area contributed by atoms with Gasteiger partial charge in [0.1, 0.15) is 0 Å².